The molecule has 0 fully saturated rings. The zero-order valence-electron chi connectivity index (χ0n) is 14.1. The molecule has 8 heteroatoms. The number of pyridine rings is 1. The van der Waals surface area contributed by atoms with E-state index >= 15 is 0 Å². The van der Waals surface area contributed by atoms with E-state index in [1.807, 2.05) is 0 Å². The van der Waals surface area contributed by atoms with Gasteiger partial charge in [0.25, 0.3) is 0 Å². The van der Waals surface area contributed by atoms with Gasteiger partial charge in [-0.2, -0.15) is 0 Å². The number of hydrogen-bond donors (Lipinski definition) is 2. The Kier molecular flexibility index (Phi) is 6.30. The molecule has 0 aliphatic rings. The lowest BCUT2D eigenvalue weighted by atomic mass is 10.1. The summed E-state index contributed by atoms with van der Waals surface area (Å²) in [5.74, 6) is -2.58. The van der Waals surface area contributed by atoms with Gasteiger partial charge in [0.2, 0.25) is 0 Å². The molecule has 26 heavy (non-hydrogen) atoms. The average molecular weight is 377 g/mol. The summed E-state index contributed by atoms with van der Waals surface area (Å²) in [6.07, 6.45) is 4.03. The lowest BCUT2D eigenvalue weighted by Gasteiger charge is -2.12. The van der Waals surface area contributed by atoms with Crippen LogP contribution in [0.25, 0.3) is 0 Å². The van der Waals surface area contributed by atoms with Gasteiger partial charge >= 0.3 is 11.9 Å². The number of esters is 1. The van der Waals surface area contributed by atoms with Gasteiger partial charge in [0.1, 0.15) is 6.04 Å². The number of benzene rings is 1. The number of rotatable bonds is 6. The maximum Gasteiger partial charge on any atom is 0.345 e. The van der Waals surface area contributed by atoms with E-state index in [1.54, 1.807) is 19.9 Å². The molecule has 0 aliphatic carbocycles. The first-order valence-corrected chi connectivity index (χ1v) is 8.08. The highest BCUT2D eigenvalue weighted by molar-refractivity contribution is 6.31. The SMILES string of the molecule is CC(C)C(N=Cc1cc(Cl)cc(OC(=O)c2cccnc2)c1O)C(=O)O. The number of halogens is 1. The van der Waals surface area contributed by atoms with Crippen LogP contribution in [0.15, 0.2) is 41.7 Å². The second-order valence-electron chi connectivity index (χ2n) is 5.78. The molecule has 0 bridgehead atoms. The zero-order valence-corrected chi connectivity index (χ0v) is 14.8. The van der Waals surface area contributed by atoms with Gasteiger partial charge in [0, 0.05) is 35.3 Å². The number of hydrogen-bond acceptors (Lipinski definition) is 6. The third-order valence-electron chi connectivity index (χ3n) is 3.43. The predicted molar refractivity (Wildman–Crippen MR) is 96.2 cm³/mol. The van der Waals surface area contributed by atoms with Crippen molar-refractivity contribution in [3.63, 3.8) is 0 Å². The summed E-state index contributed by atoms with van der Waals surface area (Å²) < 4.78 is 5.16. The standard InChI is InChI=1S/C18H17ClN2O5/c1-10(2)15(17(23)24)21-9-12-6-13(19)7-14(16(12)22)26-18(25)11-4-3-5-20-8-11/h3-10,15,22H,1-2H3,(H,23,24). The molecule has 1 heterocycles. The van der Waals surface area contributed by atoms with Crippen molar-refractivity contribution in [2.24, 2.45) is 10.9 Å². The van der Waals surface area contributed by atoms with Crippen molar-refractivity contribution in [1.82, 2.24) is 4.98 Å². The lowest BCUT2D eigenvalue weighted by molar-refractivity contribution is -0.139. The van der Waals surface area contributed by atoms with Gasteiger partial charge in [-0.15, -0.1) is 0 Å². The molecule has 2 rings (SSSR count). The minimum Gasteiger partial charge on any atom is -0.504 e. The number of carbonyl (C=O) groups excluding carboxylic acids is 1. The molecule has 1 unspecified atom stereocenters. The van der Waals surface area contributed by atoms with Gasteiger partial charge in [-0.25, -0.2) is 9.59 Å². The minimum atomic E-state index is -1.08. The second-order valence-corrected chi connectivity index (χ2v) is 6.21. The molecule has 7 nitrogen and oxygen atoms in total. The largest absolute Gasteiger partial charge is 0.504 e. The number of aliphatic imine (C=N–C) groups is 1. The van der Waals surface area contributed by atoms with Crippen LogP contribution in [-0.4, -0.2) is 39.4 Å². The molecule has 0 spiro atoms. The number of aliphatic carboxylic acids is 1. The maximum atomic E-state index is 12.1. The van der Waals surface area contributed by atoms with E-state index in [0.29, 0.717) is 0 Å². The van der Waals surface area contributed by atoms with E-state index in [2.05, 4.69) is 9.98 Å². The molecule has 2 aromatic rings. The topological polar surface area (TPSA) is 109 Å². The highest BCUT2D eigenvalue weighted by Crippen LogP contribution is 2.33. The number of nitrogens with zero attached hydrogens (tertiary/aromatic N) is 2. The summed E-state index contributed by atoms with van der Waals surface area (Å²) in [4.78, 5) is 31.1. The van der Waals surface area contributed by atoms with Crippen molar-refractivity contribution >= 4 is 29.8 Å². The number of aromatic nitrogens is 1. The van der Waals surface area contributed by atoms with E-state index in [1.165, 1.54) is 36.8 Å². The fourth-order valence-electron chi connectivity index (χ4n) is 2.09. The van der Waals surface area contributed by atoms with Gasteiger partial charge in [-0.1, -0.05) is 25.4 Å². The van der Waals surface area contributed by atoms with Crippen molar-refractivity contribution in [3.8, 4) is 11.5 Å². The Morgan fingerprint density at radius 3 is 2.65 bits per heavy atom. The van der Waals surface area contributed by atoms with Gasteiger partial charge in [0.05, 0.1) is 5.56 Å². The smallest absolute Gasteiger partial charge is 0.345 e. The highest BCUT2D eigenvalue weighted by atomic mass is 35.5. The van der Waals surface area contributed by atoms with Crippen molar-refractivity contribution in [2.75, 3.05) is 0 Å². The van der Waals surface area contributed by atoms with Crippen LogP contribution in [0.5, 0.6) is 11.5 Å². The molecule has 1 atom stereocenters. The number of phenolic OH excluding ortho intramolecular Hbond substituents is 1. The van der Waals surface area contributed by atoms with E-state index in [9.17, 15) is 14.7 Å². The van der Waals surface area contributed by atoms with Crippen LogP contribution in [0.4, 0.5) is 0 Å². The first-order valence-electron chi connectivity index (χ1n) is 7.70. The van der Waals surface area contributed by atoms with Gasteiger partial charge in [-0.3, -0.25) is 9.98 Å². The van der Waals surface area contributed by atoms with Gasteiger partial charge in [-0.05, 0) is 24.1 Å². The average Bonchev–Trinajstić information content (AvgIpc) is 2.59. The molecule has 0 saturated carbocycles. The Morgan fingerprint density at radius 2 is 2.08 bits per heavy atom. The maximum absolute atomic E-state index is 12.1. The van der Waals surface area contributed by atoms with Crippen LogP contribution in [0, 0.1) is 5.92 Å². The van der Waals surface area contributed by atoms with Gasteiger partial charge < -0.3 is 14.9 Å². The number of phenols is 1. The van der Waals surface area contributed by atoms with E-state index in [4.69, 9.17) is 21.4 Å². The van der Waals surface area contributed by atoms with Crippen molar-refractivity contribution in [2.45, 2.75) is 19.9 Å². The van der Waals surface area contributed by atoms with Gasteiger partial charge in [0.15, 0.2) is 11.5 Å². The molecular weight excluding hydrogens is 360 g/mol. The molecular formula is C18H17ClN2O5. The van der Waals surface area contributed by atoms with Crippen LogP contribution in [0.3, 0.4) is 0 Å². The second kappa shape index (κ2) is 8.44. The molecule has 0 amide bonds. The molecule has 136 valence electrons. The van der Waals surface area contributed by atoms with Crippen LogP contribution in [0.2, 0.25) is 5.02 Å². The van der Waals surface area contributed by atoms with Crippen molar-refractivity contribution in [1.29, 1.82) is 0 Å². The highest BCUT2D eigenvalue weighted by Gasteiger charge is 2.20. The quantitative estimate of drug-likeness (QED) is 0.455. The molecule has 1 aromatic carbocycles. The van der Waals surface area contributed by atoms with Crippen molar-refractivity contribution < 1.29 is 24.5 Å². The minimum absolute atomic E-state index is 0.137. The number of ether oxygens (including phenoxy) is 1. The number of carboxylic acids is 1. The Balaban J connectivity index is 2.30. The Labute approximate surface area is 154 Å². The molecule has 1 aromatic heterocycles. The fraction of sp³-hybridized carbons (Fsp3) is 0.222. The Hall–Kier alpha value is -2.93. The summed E-state index contributed by atoms with van der Waals surface area (Å²) in [7, 11) is 0. The predicted octanol–water partition coefficient (Wildman–Crippen LogP) is 3.19. The summed E-state index contributed by atoms with van der Waals surface area (Å²) in [5, 5.41) is 19.7. The van der Waals surface area contributed by atoms with E-state index < -0.39 is 18.0 Å². The van der Waals surface area contributed by atoms with Crippen LogP contribution in [0.1, 0.15) is 29.8 Å². The molecule has 0 aliphatic heterocycles. The lowest BCUT2D eigenvalue weighted by Crippen LogP contribution is -2.24. The van der Waals surface area contributed by atoms with E-state index in [-0.39, 0.29) is 33.6 Å². The first kappa shape index (κ1) is 19.4. The summed E-state index contributed by atoms with van der Waals surface area (Å²) in [6.45, 7) is 3.43. The number of carbonyl (C=O) groups is 2. The fourth-order valence-corrected chi connectivity index (χ4v) is 2.31. The summed E-state index contributed by atoms with van der Waals surface area (Å²) in [6, 6.07) is 4.78. The number of carboxylic acid groups (broad SMARTS) is 1. The van der Waals surface area contributed by atoms with Crippen LogP contribution in [-0.2, 0) is 4.79 Å². The normalized spacial score (nSPS) is 12.3. The molecule has 0 saturated heterocycles. The summed E-state index contributed by atoms with van der Waals surface area (Å²) >= 11 is 6.00. The molecule has 0 radical (unpaired) electrons. The summed E-state index contributed by atoms with van der Waals surface area (Å²) in [5.41, 5.74) is 0.339. The zero-order chi connectivity index (χ0) is 19.3. The third kappa shape index (κ3) is 4.80. The van der Waals surface area contributed by atoms with Crippen molar-refractivity contribution in [3.05, 3.63) is 52.8 Å². The van der Waals surface area contributed by atoms with Crippen LogP contribution >= 0.6 is 11.6 Å². The van der Waals surface area contributed by atoms with E-state index in [0.717, 1.165) is 0 Å². The monoisotopic (exact) mass is 376 g/mol. The third-order valence-corrected chi connectivity index (χ3v) is 3.65. The molecule has 2 N–H and O–H groups in total. The Morgan fingerprint density at radius 1 is 1.35 bits per heavy atom. The Bertz CT molecular complexity index is 837. The van der Waals surface area contributed by atoms with Crippen LogP contribution < -0.4 is 4.74 Å². The first-order chi connectivity index (χ1) is 12.3. The number of aromatic hydroxyl groups is 1.